The molecule has 0 aromatic carbocycles. The number of halogens is 1. The molecule has 1 aliphatic heterocycles. The zero-order chi connectivity index (χ0) is 8.27. The van der Waals surface area contributed by atoms with Crippen LogP contribution in [0.3, 0.4) is 0 Å². The Morgan fingerprint density at radius 2 is 2.36 bits per heavy atom. The number of piperidine rings is 1. The lowest BCUT2D eigenvalue weighted by Gasteiger charge is -2.32. The summed E-state index contributed by atoms with van der Waals surface area (Å²) in [5.74, 6) is 0.304. The lowest BCUT2D eigenvalue weighted by atomic mass is 10.0. The van der Waals surface area contributed by atoms with Gasteiger partial charge in [-0.1, -0.05) is 22.6 Å². The van der Waals surface area contributed by atoms with Crippen molar-refractivity contribution in [2.24, 2.45) is 0 Å². The van der Waals surface area contributed by atoms with Crippen LogP contribution < -0.4 is 0 Å². The molecule has 1 atom stereocenters. The molecule has 1 fully saturated rings. The maximum atomic E-state index is 11.3. The van der Waals surface area contributed by atoms with Gasteiger partial charge in [0.25, 0.3) is 0 Å². The van der Waals surface area contributed by atoms with Crippen LogP contribution in [0.1, 0.15) is 26.2 Å². The second-order valence-electron chi connectivity index (χ2n) is 3.07. The Morgan fingerprint density at radius 3 is 2.91 bits per heavy atom. The van der Waals surface area contributed by atoms with Gasteiger partial charge in [-0.3, -0.25) is 4.79 Å². The fourth-order valence-electron chi connectivity index (χ4n) is 1.55. The summed E-state index contributed by atoms with van der Waals surface area (Å²) in [4.78, 5) is 13.3. The molecule has 11 heavy (non-hydrogen) atoms. The molecule has 0 saturated carbocycles. The molecule has 0 bridgehead atoms. The Morgan fingerprint density at radius 1 is 1.64 bits per heavy atom. The topological polar surface area (TPSA) is 20.3 Å². The van der Waals surface area contributed by atoms with Crippen LogP contribution in [0.2, 0.25) is 0 Å². The Labute approximate surface area is 81.5 Å². The zero-order valence-corrected chi connectivity index (χ0v) is 9.00. The van der Waals surface area contributed by atoms with E-state index in [1.165, 1.54) is 19.3 Å². The molecule has 1 heterocycles. The Kier molecular flexibility index (Phi) is 3.62. The van der Waals surface area contributed by atoms with Crippen molar-refractivity contribution in [3.8, 4) is 0 Å². The van der Waals surface area contributed by atoms with Crippen LogP contribution in [0.5, 0.6) is 0 Å². The maximum Gasteiger partial charge on any atom is 0.232 e. The van der Waals surface area contributed by atoms with E-state index in [0.717, 1.165) is 6.54 Å². The lowest BCUT2D eigenvalue weighted by molar-refractivity contribution is -0.131. The van der Waals surface area contributed by atoms with Crippen molar-refractivity contribution in [3.05, 3.63) is 0 Å². The second-order valence-corrected chi connectivity index (χ2v) is 3.83. The summed E-state index contributed by atoms with van der Waals surface area (Å²) in [5, 5.41) is 0. The summed E-state index contributed by atoms with van der Waals surface area (Å²) >= 11 is 2.13. The van der Waals surface area contributed by atoms with Gasteiger partial charge in [0.2, 0.25) is 5.91 Å². The van der Waals surface area contributed by atoms with E-state index in [-0.39, 0.29) is 0 Å². The van der Waals surface area contributed by atoms with Gasteiger partial charge in [-0.2, -0.15) is 0 Å². The van der Waals surface area contributed by atoms with E-state index in [2.05, 4.69) is 29.5 Å². The normalized spacial score (nSPS) is 25.3. The lowest BCUT2D eigenvalue weighted by Crippen LogP contribution is -2.42. The van der Waals surface area contributed by atoms with Crippen LogP contribution in [0.15, 0.2) is 0 Å². The summed E-state index contributed by atoms with van der Waals surface area (Å²) in [7, 11) is 0. The molecular formula is C8H14INO. The molecule has 0 spiro atoms. The number of carbonyl (C=O) groups is 1. The number of amides is 1. The molecule has 3 heteroatoms. The summed E-state index contributed by atoms with van der Waals surface area (Å²) in [6.45, 7) is 3.12. The highest BCUT2D eigenvalue weighted by atomic mass is 127. The van der Waals surface area contributed by atoms with Gasteiger partial charge in [-0.25, -0.2) is 0 Å². The third-order valence-electron chi connectivity index (χ3n) is 2.24. The summed E-state index contributed by atoms with van der Waals surface area (Å²) in [6, 6.07) is 0.478. The second kappa shape index (κ2) is 4.28. The molecule has 64 valence electrons. The third-order valence-corrected chi connectivity index (χ3v) is 2.89. The minimum atomic E-state index is 0.304. The predicted molar refractivity (Wildman–Crippen MR) is 53.9 cm³/mol. The Balaban J connectivity index is 2.47. The SMILES string of the molecule is CC1CCCCN1C(=O)CI. The van der Waals surface area contributed by atoms with E-state index < -0.39 is 0 Å². The monoisotopic (exact) mass is 267 g/mol. The first-order valence-corrected chi connectivity index (χ1v) is 5.63. The highest BCUT2D eigenvalue weighted by molar-refractivity contribution is 14.1. The van der Waals surface area contributed by atoms with Crippen LogP contribution in [0, 0.1) is 0 Å². The van der Waals surface area contributed by atoms with Gasteiger partial charge in [0.1, 0.15) is 0 Å². The minimum absolute atomic E-state index is 0.304. The molecule has 1 unspecified atom stereocenters. The predicted octanol–water partition coefficient (Wildman–Crippen LogP) is 1.82. The Hall–Kier alpha value is 0.200. The van der Waals surface area contributed by atoms with Crippen molar-refractivity contribution >= 4 is 28.5 Å². The maximum absolute atomic E-state index is 11.3. The fourth-order valence-corrected chi connectivity index (χ4v) is 1.98. The van der Waals surface area contributed by atoms with Gasteiger partial charge in [0.15, 0.2) is 0 Å². The van der Waals surface area contributed by atoms with E-state index in [1.807, 2.05) is 4.90 Å². The van der Waals surface area contributed by atoms with Gasteiger partial charge in [-0.05, 0) is 26.2 Å². The fraction of sp³-hybridized carbons (Fsp3) is 0.875. The highest BCUT2D eigenvalue weighted by Crippen LogP contribution is 2.16. The van der Waals surface area contributed by atoms with Crippen molar-refractivity contribution in [2.45, 2.75) is 32.2 Å². The van der Waals surface area contributed by atoms with Crippen molar-refractivity contribution in [3.63, 3.8) is 0 Å². The number of hydrogen-bond donors (Lipinski definition) is 0. The van der Waals surface area contributed by atoms with Crippen molar-refractivity contribution < 1.29 is 4.79 Å². The summed E-state index contributed by atoms with van der Waals surface area (Å²) in [5.41, 5.74) is 0. The summed E-state index contributed by atoms with van der Waals surface area (Å²) in [6.07, 6.45) is 3.65. The number of alkyl halides is 1. The average Bonchev–Trinajstić information content (AvgIpc) is 2.04. The molecule has 1 rings (SSSR count). The molecule has 1 aliphatic rings. The smallest absolute Gasteiger partial charge is 0.232 e. The highest BCUT2D eigenvalue weighted by Gasteiger charge is 2.21. The number of likely N-dealkylation sites (tertiary alicyclic amines) is 1. The van der Waals surface area contributed by atoms with Gasteiger partial charge in [0.05, 0.1) is 4.43 Å². The molecule has 0 aromatic rings. The average molecular weight is 267 g/mol. The van der Waals surface area contributed by atoms with Gasteiger partial charge < -0.3 is 4.90 Å². The molecule has 1 amide bonds. The molecule has 1 saturated heterocycles. The first kappa shape index (κ1) is 9.29. The van der Waals surface area contributed by atoms with Crippen LogP contribution >= 0.6 is 22.6 Å². The Bertz CT molecular complexity index is 149. The van der Waals surface area contributed by atoms with Crippen molar-refractivity contribution in [1.29, 1.82) is 0 Å². The molecule has 2 nitrogen and oxygen atoms in total. The van der Waals surface area contributed by atoms with Crippen LogP contribution in [-0.2, 0) is 4.79 Å². The molecular weight excluding hydrogens is 253 g/mol. The van der Waals surface area contributed by atoms with E-state index in [4.69, 9.17) is 0 Å². The molecule has 0 aromatic heterocycles. The number of carbonyl (C=O) groups excluding carboxylic acids is 1. The standard InChI is InChI=1S/C8H14INO/c1-7-4-2-3-5-10(7)8(11)6-9/h7H,2-6H2,1H3. The van der Waals surface area contributed by atoms with E-state index in [9.17, 15) is 4.79 Å². The van der Waals surface area contributed by atoms with E-state index >= 15 is 0 Å². The van der Waals surface area contributed by atoms with Gasteiger partial charge in [0, 0.05) is 12.6 Å². The van der Waals surface area contributed by atoms with Crippen molar-refractivity contribution in [2.75, 3.05) is 11.0 Å². The quantitative estimate of drug-likeness (QED) is 0.524. The first-order valence-electron chi connectivity index (χ1n) is 4.11. The number of hydrogen-bond acceptors (Lipinski definition) is 1. The third kappa shape index (κ3) is 2.32. The minimum Gasteiger partial charge on any atom is -0.339 e. The van der Waals surface area contributed by atoms with Gasteiger partial charge in [-0.15, -0.1) is 0 Å². The van der Waals surface area contributed by atoms with Crippen LogP contribution in [0.25, 0.3) is 0 Å². The van der Waals surface area contributed by atoms with Crippen LogP contribution in [0.4, 0.5) is 0 Å². The molecule has 0 radical (unpaired) electrons. The largest absolute Gasteiger partial charge is 0.339 e. The molecule has 0 N–H and O–H groups in total. The van der Waals surface area contributed by atoms with Crippen LogP contribution in [-0.4, -0.2) is 27.8 Å². The first-order chi connectivity index (χ1) is 5.25. The van der Waals surface area contributed by atoms with Gasteiger partial charge >= 0.3 is 0 Å². The summed E-state index contributed by atoms with van der Waals surface area (Å²) < 4.78 is 0.627. The van der Waals surface area contributed by atoms with E-state index in [1.54, 1.807) is 0 Å². The van der Waals surface area contributed by atoms with E-state index in [0.29, 0.717) is 16.4 Å². The van der Waals surface area contributed by atoms with Crippen molar-refractivity contribution in [1.82, 2.24) is 4.90 Å². The zero-order valence-electron chi connectivity index (χ0n) is 6.85. The number of nitrogens with zero attached hydrogens (tertiary/aromatic N) is 1. The number of rotatable bonds is 1. The molecule has 0 aliphatic carbocycles.